The van der Waals surface area contributed by atoms with Crippen LogP contribution in [0.4, 0.5) is 5.69 Å². The van der Waals surface area contributed by atoms with Crippen molar-refractivity contribution in [1.82, 2.24) is 19.6 Å². The first-order valence-corrected chi connectivity index (χ1v) is 8.81. The maximum Gasteiger partial charge on any atom is 0.221 e. The van der Waals surface area contributed by atoms with Crippen LogP contribution in [-0.2, 0) is 9.53 Å². The molecule has 0 saturated carbocycles. The van der Waals surface area contributed by atoms with Gasteiger partial charge in [-0.1, -0.05) is 0 Å². The van der Waals surface area contributed by atoms with Crippen molar-refractivity contribution in [2.75, 3.05) is 45.7 Å². The van der Waals surface area contributed by atoms with E-state index < -0.39 is 0 Å². The summed E-state index contributed by atoms with van der Waals surface area (Å²) in [6.07, 6.45) is 7.15. The monoisotopic (exact) mass is 335 g/mol. The molecule has 1 aromatic heterocycles. The standard InChI is InChI=1S/C17H29N5O2/c1-13(23)19-14-9-18-22(10-14)16-8-17(12-24-3)21(11-16)15-4-6-20(2)7-5-15/h9-10,15-17H,4-8,11-12H2,1-3H3,(H,19,23)/t16-,17-/m0/s1. The van der Waals surface area contributed by atoms with Crippen molar-refractivity contribution in [3.05, 3.63) is 12.4 Å². The Morgan fingerprint density at radius 1 is 1.38 bits per heavy atom. The molecule has 2 saturated heterocycles. The van der Waals surface area contributed by atoms with Crippen LogP contribution in [0.3, 0.4) is 0 Å². The van der Waals surface area contributed by atoms with Crippen molar-refractivity contribution in [3.63, 3.8) is 0 Å². The van der Waals surface area contributed by atoms with Crippen LogP contribution in [0.15, 0.2) is 12.4 Å². The number of anilines is 1. The Labute approximate surface area is 143 Å². The molecule has 7 nitrogen and oxygen atoms in total. The van der Waals surface area contributed by atoms with Crippen molar-refractivity contribution in [2.45, 2.75) is 44.3 Å². The quantitative estimate of drug-likeness (QED) is 0.876. The molecule has 24 heavy (non-hydrogen) atoms. The maximum absolute atomic E-state index is 11.2. The zero-order valence-corrected chi connectivity index (χ0v) is 14.9. The first-order chi connectivity index (χ1) is 11.6. The highest BCUT2D eigenvalue weighted by atomic mass is 16.5. The average molecular weight is 335 g/mol. The summed E-state index contributed by atoms with van der Waals surface area (Å²) in [4.78, 5) is 16.2. The van der Waals surface area contributed by atoms with E-state index in [9.17, 15) is 4.79 Å². The number of ether oxygens (including phenoxy) is 1. The van der Waals surface area contributed by atoms with Gasteiger partial charge < -0.3 is 15.0 Å². The lowest BCUT2D eigenvalue weighted by Gasteiger charge is -2.38. The lowest BCUT2D eigenvalue weighted by atomic mass is 10.0. The molecular weight excluding hydrogens is 306 g/mol. The van der Waals surface area contributed by atoms with Gasteiger partial charge in [-0.3, -0.25) is 14.4 Å². The molecule has 1 amide bonds. The van der Waals surface area contributed by atoms with Crippen LogP contribution in [0.1, 0.15) is 32.2 Å². The molecule has 3 rings (SSSR count). The van der Waals surface area contributed by atoms with Crippen LogP contribution in [0.5, 0.6) is 0 Å². The summed E-state index contributed by atoms with van der Waals surface area (Å²) in [5, 5.41) is 7.26. The Hall–Kier alpha value is -1.44. The number of hydrogen-bond acceptors (Lipinski definition) is 5. The molecule has 1 N–H and O–H groups in total. The van der Waals surface area contributed by atoms with Crippen molar-refractivity contribution in [3.8, 4) is 0 Å². The van der Waals surface area contributed by atoms with Crippen molar-refractivity contribution in [2.24, 2.45) is 0 Å². The van der Waals surface area contributed by atoms with Crippen molar-refractivity contribution in [1.29, 1.82) is 0 Å². The number of aromatic nitrogens is 2. The maximum atomic E-state index is 11.2. The molecule has 2 aliphatic heterocycles. The van der Waals surface area contributed by atoms with Gasteiger partial charge in [0.05, 0.1) is 24.5 Å². The molecule has 2 fully saturated rings. The molecule has 0 radical (unpaired) electrons. The van der Waals surface area contributed by atoms with Crippen molar-refractivity contribution < 1.29 is 9.53 Å². The highest BCUT2D eigenvalue weighted by Crippen LogP contribution is 2.32. The average Bonchev–Trinajstić information content (AvgIpc) is 3.15. The smallest absolute Gasteiger partial charge is 0.221 e. The number of piperidine rings is 1. The van der Waals surface area contributed by atoms with Crippen LogP contribution >= 0.6 is 0 Å². The molecule has 134 valence electrons. The Kier molecular flexibility index (Phi) is 5.53. The summed E-state index contributed by atoms with van der Waals surface area (Å²) in [7, 11) is 3.98. The second-order valence-electron chi connectivity index (χ2n) is 7.12. The van der Waals surface area contributed by atoms with E-state index in [4.69, 9.17) is 4.74 Å². The van der Waals surface area contributed by atoms with E-state index in [1.165, 1.54) is 32.9 Å². The fraction of sp³-hybridized carbons (Fsp3) is 0.765. The minimum absolute atomic E-state index is 0.0637. The summed E-state index contributed by atoms with van der Waals surface area (Å²) in [5.74, 6) is -0.0637. The fourth-order valence-corrected chi connectivity index (χ4v) is 4.04. The Balaban J connectivity index is 1.67. The predicted octanol–water partition coefficient (Wildman–Crippen LogP) is 1.20. The number of likely N-dealkylation sites (tertiary alicyclic amines) is 2. The van der Waals surface area contributed by atoms with Crippen LogP contribution in [0.25, 0.3) is 0 Å². The van der Waals surface area contributed by atoms with Gasteiger partial charge in [-0.25, -0.2) is 0 Å². The van der Waals surface area contributed by atoms with Crippen molar-refractivity contribution >= 4 is 11.6 Å². The van der Waals surface area contributed by atoms with E-state index in [1.807, 2.05) is 10.9 Å². The van der Waals surface area contributed by atoms with Gasteiger partial charge in [-0.2, -0.15) is 5.10 Å². The Morgan fingerprint density at radius 3 is 2.79 bits per heavy atom. The zero-order chi connectivity index (χ0) is 17.1. The van der Waals surface area contributed by atoms with Crippen LogP contribution in [0.2, 0.25) is 0 Å². The molecular formula is C17H29N5O2. The molecule has 0 bridgehead atoms. The SMILES string of the molecule is COC[C@@H]1C[C@H](n2cc(NC(C)=O)cn2)CN1C1CCN(C)CC1. The minimum Gasteiger partial charge on any atom is -0.383 e. The van der Waals surface area contributed by atoms with Gasteiger partial charge >= 0.3 is 0 Å². The van der Waals surface area contributed by atoms with E-state index in [0.717, 1.165) is 25.3 Å². The minimum atomic E-state index is -0.0637. The molecule has 2 atom stereocenters. The molecule has 0 spiro atoms. The summed E-state index contributed by atoms with van der Waals surface area (Å²) < 4.78 is 7.47. The number of carbonyl (C=O) groups excluding carboxylic acids is 1. The molecule has 7 heteroatoms. The number of rotatable bonds is 5. The van der Waals surface area contributed by atoms with E-state index in [-0.39, 0.29) is 5.91 Å². The molecule has 2 aliphatic rings. The van der Waals surface area contributed by atoms with Gasteiger partial charge in [0.15, 0.2) is 0 Å². The lowest BCUT2D eigenvalue weighted by Crippen LogP contribution is -2.47. The van der Waals surface area contributed by atoms with E-state index >= 15 is 0 Å². The Morgan fingerprint density at radius 2 is 2.12 bits per heavy atom. The molecule has 0 unspecified atom stereocenters. The van der Waals surface area contributed by atoms with Gasteiger partial charge in [0, 0.05) is 38.9 Å². The largest absolute Gasteiger partial charge is 0.383 e. The summed E-state index contributed by atoms with van der Waals surface area (Å²) in [6, 6.07) is 1.42. The summed E-state index contributed by atoms with van der Waals surface area (Å²) >= 11 is 0. The number of hydrogen-bond donors (Lipinski definition) is 1. The highest BCUT2D eigenvalue weighted by Gasteiger charge is 2.38. The first kappa shape index (κ1) is 17.4. The van der Waals surface area contributed by atoms with Crippen LogP contribution in [-0.4, -0.2) is 78.0 Å². The molecule has 1 aromatic rings. The van der Waals surface area contributed by atoms with Crippen LogP contribution < -0.4 is 5.32 Å². The third kappa shape index (κ3) is 3.96. The number of carbonyl (C=O) groups is 1. The second-order valence-corrected chi connectivity index (χ2v) is 7.12. The van der Waals surface area contributed by atoms with Gasteiger partial charge in [0.2, 0.25) is 5.91 Å². The number of methoxy groups -OCH3 is 1. The second kappa shape index (κ2) is 7.63. The van der Waals surface area contributed by atoms with E-state index in [0.29, 0.717) is 18.1 Å². The van der Waals surface area contributed by atoms with Crippen LogP contribution in [0, 0.1) is 0 Å². The lowest BCUT2D eigenvalue weighted by molar-refractivity contribution is -0.114. The van der Waals surface area contributed by atoms with E-state index in [1.54, 1.807) is 13.3 Å². The zero-order valence-electron chi connectivity index (χ0n) is 14.9. The van der Waals surface area contributed by atoms with E-state index in [2.05, 4.69) is 27.3 Å². The third-order valence-electron chi connectivity index (χ3n) is 5.25. The topological polar surface area (TPSA) is 62.6 Å². The third-order valence-corrected chi connectivity index (χ3v) is 5.25. The number of amides is 1. The summed E-state index contributed by atoms with van der Waals surface area (Å²) in [5.41, 5.74) is 0.767. The highest BCUT2D eigenvalue weighted by molar-refractivity contribution is 5.88. The van der Waals surface area contributed by atoms with Gasteiger partial charge in [0.25, 0.3) is 0 Å². The normalized spacial score (nSPS) is 26.8. The first-order valence-electron chi connectivity index (χ1n) is 8.81. The predicted molar refractivity (Wildman–Crippen MR) is 93.1 cm³/mol. The van der Waals surface area contributed by atoms with Gasteiger partial charge in [-0.15, -0.1) is 0 Å². The molecule has 0 aliphatic carbocycles. The molecule has 3 heterocycles. The summed E-state index contributed by atoms with van der Waals surface area (Å²) in [6.45, 7) is 5.62. The number of nitrogens with zero attached hydrogens (tertiary/aromatic N) is 4. The number of nitrogens with one attached hydrogen (secondary N) is 1. The molecule has 0 aromatic carbocycles. The van der Waals surface area contributed by atoms with Gasteiger partial charge in [-0.05, 0) is 39.4 Å². The van der Waals surface area contributed by atoms with Gasteiger partial charge in [0.1, 0.15) is 0 Å². The Bertz CT molecular complexity index is 553. The fourth-order valence-electron chi connectivity index (χ4n) is 4.04.